The van der Waals surface area contributed by atoms with E-state index in [1.165, 1.54) is 32.7 Å². The molecule has 0 aliphatic carbocycles. The summed E-state index contributed by atoms with van der Waals surface area (Å²) in [4.78, 5) is 23.6. The Labute approximate surface area is 149 Å². The van der Waals surface area contributed by atoms with Crippen LogP contribution < -0.4 is 19.5 Å². The second kappa shape index (κ2) is 8.93. The Morgan fingerprint density at radius 3 is 2.32 bits per heavy atom. The number of carbonyl (C=O) groups excluding carboxylic acids is 2. The van der Waals surface area contributed by atoms with Crippen molar-refractivity contribution in [1.82, 2.24) is 5.32 Å². The first-order valence-corrected chi connectivity index (χ1v) is 8.28. The first kappa shape index (κ1) is 18.6. The van der Waals surface area contributed by atoms with Crippen LogP contribution in [0.4, 0.5) is 0 Å². The van der Waals surface area contributed by atoms with Gasteiger partial charge in [-0.2, -0.15) is 11.3 Å². The Hall–Kier alpha value is -2.74. The van der Waals surface area contributed by atoms with Gasteiger partial charge in [0.2, 0.25) is 0 Å². The van der Waals surface area contributed by atoms with Gasteiger partial charge in [0.15, 0.2) is 18.1 Å². The summed E-state index contributed by atoms with van der Waals surface area (Å²) in [5.74, 6) is 0.657. The average molecular weight is 365 g/mol. The number of thiophene rings is 1. The maximum Gasteiger partial charge on any atom is 0.339 e. The summed E-state index contributed by atoms with van der Waals surface area (Å²) in [7, 11) is 4.58. The van der Waals surface area contributed by atoms with Gasteiger partial charge in [-0.25, -0.2) is 4.79 Å². The molecule has 8 heteroatoms. The third-order valence-corrected chi connectivity index (χ3v) is 4.04. The van der Waals surface area contributed by atoms with Gasteiger partial charge in [-0.15, -0.1) is 0 Å². The Morgan fingerprint density at radius 2 is 1.72 bits per heavy atom. The van der Waals surface area contributed by atoms with Crippen molar-refractivity contribution in [3.8, 4) is 17.2 Å². The summed E-state index contributed by atoms with van der Waals surface area (Å²) in [6, 6.07) is 5.03. The highest BCUT2D eigenvalue weighted by atomic mass is 32.1. The molecule has 25 heavy (non-hydrogen) atoms. The van der Waals surface area contributed by atoms with Crippen molar-refractivity contribution < 1.29 is 28.5 Å². The Morgan fingerprint density at radius 1 is 1.04 bits per heavy atom. The number of nitrogens with one attached hydrogen (secondary N) is 1. The van der Waals surface area contributed by atoms with Crippen LogP contribution in [-0.2, 0) is 16.1 Å². The molecule has 1 N–H and O–H groups in total. The molecule has 0 aliphatic heterocycles. The third-order valence-electron chi connectivity index (χ3n) is 3.35. The second-order valence-corrected chi connectivity index (χ2v) is 5.66. The van der Waals surface area contributed by atoms with Gasteiger partial charge >= 0.3 is 5.97 Å². The molecule has 134 valence electrons. The standard InChI is InChI=1S/C17H19NO6S/c1-21-13-7-15(23-3)14(22-2)6-12(13)8-18-16(19)9-24-17(20)11-4-5-25-10-11/h4-7,10H,8-9H2,1-3H3,(H,18,19). The van der Waals surface area contributed by atoms with Crippen LogP contribution in [0.25, 0.3) is 0 Å². The van der Waals surface area contributed by atoms with Crippen molar-refractivity contribution in [3.05, 3.63) is 40.1 Å². The van der Waals surface area contributed by atoms with Gasteiger partial charge in [0, 0.05) is 23.6 Å². The molecular formula is C17H19NO6S. The SMILES string of the molecule is COc1cc(OC)c(OC)cc1CNC(=O)COC(=O)c1ccsc1. The van der Waals surface area contributed by atoms with E-state index in [4.69, 9.17) is 18.9 Å². The van der Waals surface area contributed by atoms with Crippen molar-refractivity contribution in [2.45, 2.75) is 6.54 Å². The molecule has 1 aromatic heterocycles. The lowest BCUT2D eigenvalue weighted by molar-refractivity contribution is -0.124. The van der Waals surface area contributed by atoms with Gasteiger partial charge in [0.05, 0.1) is 26.9 Å². The zero-order valence-electron chi connectivity index (χ0n) is 14.2. The van der Waals surface area contributed by atoms with Gasteiger partial charge in [-0.3, -0.25) is 4.79 Å². The van der Waals surface area contributed by atoms with E-state index in [0.29, 0.717) is 28.4 Å². The normalized spacial score (nSPS) is 10.0. The van der Waals surface area contributed by atoms with Crippen LogP contribution in [0.15, 0.2) is 29.0 Å². The maximum atomic E-state index is 11.9. The van der Waals surface area contributed by atoms with Crippen molar-refractivity contribution in [2.24, 2.45) is 0 Å². The summed E-state index contributed by atoms with van der Waals surface area (Å²) < 4.78 is 20.7. The van der Waals surface area contributed by atoms with E-state index in [1.807, 2.05) is 0 Å². The lowest BCUT2D eigenvalue weighted by Crippen LogP contribution is -2.28. The van der Waals surface area contributed by atoms with E-state index >= 15 is 0 Å². The van der Waals surface area contributed by atoms with E-state index in [0.717, 1.165) is 0 Å². The van der Waals surface area contributed by atoms with Gasteiger partial charge in [-0.05, 0) is 17.5 Å². The summed E-state index contributed by atoms with van der Waals surface area (Å²) >= 11 is 1.38. The average Bonchev–Trinajstić information content (AvgIpc) is 3.18. The molecule has 2 rings (SSSR count). The first-order chi connectivity index (χ1) is 12.1. The van der Waals surface area contributed by atoms with Crippen molar-refractivity contribution >= 4 is 23.2 Å². The van der Waals surface area contributed by atoms with Crippen LogP contribution in [0, 0.1) is 0 Å². The number of methoxy groups -OCH3 is 3. The van der Waals surface area contributed by atoms with Crippen molar-refractivity contribution in [2.75, 3.05) is 27.9 Å². The summed E-state index contributed by atoms with van der Waals surface area (Å²) in [6.45, 7) is -0.164. The molecule has 0 unspecified atom stereocenters. The number of rotatable bonds is 8. The van der Waals surface area contributed by atoms with Crippen LogP contribution in [0.1, 0.15) is 15.9 Å². The lowest BCUT2D eigenvalue weighted by atomic mass is 10.1. The highest BCUT2D eigenvalue weighted by Crippen LogP contribution is 2.34. The monoisotopic (exact) mass is 365 g/mol. The topological polar surface area (TPSA) is 83.1 Å². The number of amides is 1. The molecule has 0 bridgehead atoms. The number of hydrogen-bond donors (Lipinski definition) is 1. The molecule has 0 saturated carbocycles. The maximum absolute atomic E-state index is 11.9. The number of carbonyl (C=O) groups is 2. The fourth-order valence-corrected chi connectivity index (χ4v) is 2.70. The van der Waals surface area contributed by atoms with Gasteiger partial charge in [-0.1, -0.05) is 0 Å². The lowest BCUT2D eigenvalue weighted by Gasteiger charge is -2.14. The minimum atomic E-state index is -0.528. The molecule has 7 nitrogen and oxygen atoms in total. The quantitative estimate of drug-likeness (QED) is 0.723. The highest BCUT2D eigenvalue weighted by molar-refractivity contribution is 7.08. The molecule has 1 aromatic carbocycles. The summed E-state index contributed by atoms with van der Waals surface area (Å²) in [5.41, 5.74) is 1.14. The molecule has 0 radical (unpaired) electrons. The smallest absolute Gasteiger partial charge is 0.339 e. The zero-order chi connectivity index (χ0) is 18.2. The molecular weight excluding hydrogens is 346 g/mol. The van der Waals surface area contributed by atoms with Crippen LogP contribution >= 0.6 is 11.3 Å². The molecule has 1 heterocycles. The second-order valence-electron chi connectivity index (χ2n) is 4.88. The van der Waals surface area contributed by atoms with Gasteiger partial charge in [0.25, 0.3) is 5.91 Å². The van der Waals surface area contributed by atoms with Crippen LogP contribution in [0.2, 0.25) is 0 Å². The van der Waals surface area contributed by atoms with Gasteiger partial charge < -0.3 is 24.3 Å². The minimum absolute atomic E-state index is 0.193. The third kappa shape index (κ3) is 4.87. The fraction of sp³-hybridized carbons (Fsp3) is 0.294. The molecule has 0 atom stereocenters. The fourth-order valence-electron chi connectivity index (χ4n) is 2.07. The predicted molar refractivity (Wildman–Crippen MR) is 92.5 cm³/mol. The number of ether oxygens (including phenoxy) is 4. The Bertz CT molecular complexity index is 729. The molecule has 1 amide bonds. The van der Waals surface area contributed by atoms with E-state index in [9.17, 15) is 9.59 Å². The number of esters is 1. The molecule has 0 saturated heterocycles. The molecule has 0 aliphatic rings. The minimum Gasteiger partial charge on any atom is -0.496 e. The first-order valence-electron chi connectivity index (χ1n) is 7.34. The largest absolute Gasteiger partial charge is 0.496 e. The number of hydrogen-bond acceptors (Lipinski definition) is 7. The van der Waals surface area contributed by atoms with Crippen molar-refractivity contribution in [1.29, 1.82) is 0 Å². The Balaban J connectivity index is 1.93. The van der Waals surface area contributed by atoms with Crippen LogP contribution in [-0.4, -0.2) is 39.8 Å². The number of benzene rings is 1. The molecule has 0 spiro atoms. The van der Waals surface area contributed by atoms with Crippen LogP contribution in [0.3, 0.4) is 0 Å². The highest BCUT2D eigenvalue weighted by Gasteiger charge is 2.14. The Kier molecular flexibility index (Phi) is 6.64. The zero-order valence-corrected chi connectivity index (χ0v) is 15.0. The molecule has 0 fully saturated rings. The van der Waals surface area contributed by atoms with E-state index < -0.39 is 11.9 Å². The van der Waals surface area contributed by atoms with Crippen LogP contribution in [0.5, 0.6) is 17.2 Å². The molecule has 2 aromatic rings. The predicted octanol–water partition coefficient (Wildman–Crippen LogP) is 2.25. The van der Waals surface area contributed by atoms with E-state index in [-0.39, 0.29) is 13.2 Å². The van der Waals surface area contributed by atoms with Crippen molar-refractivity contribution in [3.63, 3.8) is 0 Å². The summed E-state index contributed by atoms with van der Waals surface area (Å²) in [6.07, 6.45) is 0. The van der Waals surface area contributed by atoms with E-state index in [2.05, 4.69) is 5.32 Å². The summed E-state index contributed by atoms with van der Waals surface area (Å²) in [5, 5.41) is 6.10. The van der Waals surface area contributed by atoms with Gasteiger partial charge in [0.1, 0.15) is 5.75 Å². The van der Waals surface area contributed by atoms with E-state index in [1.54, 1.807) is 29.0 Å².